The molecule has 0 bridgehead atoms. The number of nitrogens with zero attached hydrogens (tertiary/aromatic N) is 1. The molecule has 1 N–H and O–H groups in total. The molecule has 0 spiro atoms. The molecule has 99 heavy (non-hydrogen) atoms. The monoisotopic (exact) mass is 1380 g/mol. The van der Waals surface area contributed by atoms with Crippen molar-refractivity contribution in [1.29, 1.82) is 0 Å². The van der Waals surface area contributed by atoms with Crippen LogP contribution in [0.3, 0.4) is 0 Å². The molecule has 0 aliphatic carbocycles. The zero-order valence-electron chi connectivity index (χ0n) is 65.6. The molecule has 0 saturated carbocycles. The first-order chi connectivity index (χ1) is 48.6. The fourth-order valence-electron chi connectivity index (χ4n) is 12.1. The Labute approximate surface area is 613 Å². The highest BCUT2D eigenvalue weighted by Crippen LogP contribution is 2.19. The van der Waals surface area contributed by atoms with Gasteiger partial charge in [-0.25, -0.2) is 4.79 Å². The van der Waals surface area contributed by atoms with Gasteiger partial charge in [-0.2, -0.15) is 0 Å². The Balaban J connectivity index is 3.99. The van der Waals surface area contributed by atoms with E-state index in [0.29, 0.717) is 23.9 Å². The van der Waals surface area contributed by atoms with Crippen molar-refractivity contribution in [3.8, 4) is 0 Å². The van der Waals surface area contributed by atoms with Crippen LogP contribution in [0.4, 0.5) is 0 Å². The molecule has 0 aliphatic heterocycles. The summed E-state index contributed by atoms with van der Waals surface area (Å²) in [6.07, 6.45) is 110. The zero-order valence-corrected chi connectivity index (χ0v) is 65.6. The number of rotatable bonds is 78. The van der Waals surface area contributed by atoms with Gasteiger partial charge >= 0.3 is 17.9 Å². The van der Waals surface area contributed by atoms with E-state index >= 15 is 0 Å². The summed E-state index contributed by atoms with van der Waals surface area (Å²) < 4.78 is 23.0. The predicted molar refractivity (Wildman–Crippen MR) is 428 cm³/mol. The number of esters is 2. The minimum absolute atomic E-state index is 0.183. The first kappa shape index (κ1) is 94.9. The molecule has 572 valence electrons. The second kappa shape index (κ2) is 79.6. The normalized spacial score (nSPS) is 13.2. The number of hydrogen-bond acceptors (Lipinski definition) is 7. The molecule has 2 atom stereocenters. The number of allylic oxidation sites excluding steroid dienone is 18. The summed E-state index contributed by atoms with van der Waals surface area (Å²) in [6.45, 7) is 4.79. The SMILES string of the molecule is CC/C=C\C/C=C\C/C=C\C/C=C\C/C=C\C/C=C\C/C=C\C/C=C\CCCCCCCCCCC(=O)OC(COC(=O)CCCCCCCCCCCCCCCCCCCCCCCCCCCCCCC/C=C\CCCCCCCCCC)COC(OCC[N+](C)(C)C)C(=O)O. The van der Waals surface area contributed by atoms with Gasteiger partial charge in [0.2, 0.25) is 0 Å². The van der Waals surface area contributed by atoms with E-state index in [9.17, 15) is 19.5 Å². The molecule has 9 nitrogen and oxygen atoms in total. The van der Waals surface area contributed by atoms with Crippen LogP contribution in [0.15, 0.2) is 109 Å². The molecule has 9 heteroatoms. The Morgan fingerprint density at radius 1 is 0.313 bits per heavy atom. The lowest BCUT2D eigenvalue weighted by Crippen LogP contribution is -2.40. The third-order valence-corrected chi connectivity index (χ3v) is 18.5. The van der Waals surface area contributed by atoms with Crippen LogP contribution in [0.2, 0.25) is 0 Å². The number of carboxylic acids is 1. The molecule has 0 radical (unpaired) electrons. The second-order valence-corrected chi connectivity index (χ2v) is 29.4. The van der Waals surface area contributed by atoms with E-state index in [0.717, 1.165) is 96.3 Å². The molecular weight excluding hydrogens is 1220 g/mol. The molecule has 2 unspecified atom stereocenters. The lowest BCUT2D eigenvalue weighted by molar-refractivity contribution is -0.870. The molecule has 0 rings (SSSR count). The number of unbranched alkanes of at least 4 members (excludes halogenated alkanes) is 45. The summed E-state index contributed by atoms with van der Waals surface area (Å²) >= 11 is 0. The summed E-state index contributed by atoms with van der Waals surface area (Å²) in [5.74, 6) is -2.00. The molecular formula is C90H160NO8+. The summed E-state index contributed by atoms with van der Waals surface area (Å²) in [4.78, 5) is 37.8. The quantitative estimate of drug-likeness (QED) is 0.0211. The van der Waals surface area contributed by atoms with Gasteiger partial charge in [0.05, 0.1) is 34.4 Å². The smallest absolute Gasteiger partial charge is 0.361 e. The Hall–Kier alpha value is -4.05. The summed E-state index contributed by atoms with van der Waals surface area (Å²) in [7, 11) is 5.98. The Bertz CT molecular complexity index is 2000. The topological polar surface area (TPSA) is 108 Å². The van der Waals surface area contributed by atoms with Crippen LogP contribution >= 0.6 is 0 Å². The van der Waals surface area contributed by atoms with Crippen molar-refractivity contribution in [2.24, 2.45) is 0 Å². The minimum atomic E-state index is -1.52. The highest BCUT2D eigenvalue weighted by molar-refractivity contribution is 5.71. The highest BCUT2D eigenvalue weighted by atomic mass is 16.7. The number of likely N-dealkylation sites (N-methyl/N-ethyl adjacent to an activating group) is 1. The van der Waals surface area contributed by atoms with Crippen LogP contribution in [0.25, 0.3) is 0 Å². The number of carbonyl (C=O) groups excluding carboxylic acids is 2. The van der Waals surface area contributed by atoms with Gasteiger partial charge in [0.1, 0.15) is 13.2 Å². The Morgan fingerprint density at radius 3 is 0.869 bits per heavy atom. The Kier molecular flexibility index (Phi) is 76.4. The number of quaternary nitrogens is 1. The van der Waals surface area contributed by atoms with Crippen LogP contribution < -0.4 is 0 Å². The van der Waals surface area contributed by atoms with Crippen LogP contribution in [-0.2, 0) is 33.3 Å². The molecule has 0 amide bonds. The number of carboxylic acid groups (broad SMARTS) is 1. The number of carbonyl (C=O) groups is 3. The fourth-order valence-corrected chi connectivity index (χ4v) is 12.1. The number of hydrogen-bond donors (Lipinski definition) is 1. The first-order valence-corrected chi connectivity index (χ1v) is 42.1. The summed E-state index contributed by atoms with van der Waals surface area (Å²) in [5, 5.41) is 9.78. The van der Waals surface area contributed by atoms with Gasteiger partial charge in [-0.3, -0.25) is 9.59 Å². The molecule has 0 aromatic rings. The molecule has 0 aromatic carbocycles. The van der Waals surface area contributed by atoms with E-state index < -0.39 is 24.3 Å². The van der Waals surface area contributed by atoms with E-state index in [1.807, 2.05) is 21.1 Å². The van der Waals surface area contributed by atoms with Crippen LogP contribution in [0, 0.1) is 0 Å². The van der Waals surface area contributed by atoms with Gasteiger partial charge in [0.25, 0.3) is 6.29 Å². The van der Waals surface area contributed by atoms with Gasteiger partial charge in [-0.05, 0) is 103 Å². The maximum absolute atomic E-state index is 13.0. The second-order valence-electron chi connectivity index (χ2n) is 29.4. The predicted octanol–water partition coefficient (Wildman–Crippen LogP) is 27.3. The third kappa shape index (κ3) is 81.1. The van der Waals surface area contributed by atoms with Crippen molar-refractivity contribution >= 4 is 17.9 Å². The summed E-state index contributed by atoms with van der Waals surface area (Å²) in [5.41, 5.74) is 0. The molecule has 0 fully saturated rings. The first-order valence-electron chi connectivity index (χ1n) is 42.1. The van der Waals surface area contributed by atoms with Crippen LogP contribution in [0.5, 0.6) is 0 Å². The van der Waals surface area contributed by atoms with Gasteiger partial charge in [0, 0.05) is 12.8 Å². The zero-order chi connectivity index (χ0) is 71.8. The molecule has 0 aromatic heterocycles. The number of aliphatic carboxylic acids is 1. The third-order valence-electron chi connectivity index (χ3n) is 18.5. The van der Waals surface area contributed by atoms with Crippen LogP contribution in [0.1, 0.15) is 386 Å². The highest BCUT2D eigenvalue weighted by Gasteiger charge is 2.25. The van der Waals surface area contributed by atoms with Crippen molar-refractivity contribution in [2.75, 3.05) is 47.5 Å². The maximum Gasteiger partial charge on any atom is 0.361 e. The Morgan fingerprint density at radius 2 is 0.576 bits per heavy atom. The van der Waals surface area contributed by atoms with Crippen molar-refractivity contribution in [3.63, 3.8) is 0 Å². The van der Waals surface area contributed by atoms with Gasteiger partial charge in [0.15, 0.2) is 6.10 Å². The molecule has 0 saturated heterocycles. The van der Waals surface area contributed by atoms with E-state index in [-0.39, 0.29) is 32.2 Å². The van der Waals surface area contributed by atoms with Crippen molar-refractivity contribution in [3.05, 3.63) is 109 Å². The van der Waals surface area contributed by atoms with Crippen molar-refractivity contribution in [2.45, 2.75) is 399 Å². The minimum Gasteiger partial charge on any atom is -0.477 e. The number of ether oxygens (including phenoxy) is 4. The van der Waals surface area contributed by atoms with Crippen molar-refractivity contribution < 1.29 is 42.9 Å². The maximum atomic E-state index is 13.0. The van der Waals surface area contributed by atoms with E-state index in [1.165, 1.54) is 257 Å². The fraction of sp³-hybridized carbons (Fsp3) is 0.767. The average molecular weight is 1380 g/mol. The average Bonchev–Trinajstić information content (AvgIpc) is 1.57. The molecule has 0 heterocycles. The van der Waals surface area contributed by atoms with Gasteiger partial charge in [-0.15, -0.1) is 0 Å². The van der Waals surface area contributed by atoms with Gasteiger partial charge < -0.3 is 28.5 Å². The van der Waals surface area contributed by atoms with E-state index in [2.05, 4.69) is 123 Å². The van der Waals surface area contributed by atoms with E-state index in [4.69, 9.17) is 18.9 Å². The van der Waals surface area contributed by atoms with E-state index in [1.54, 1.807) is 0 Å². The van der Waals surface area contributed by atoms with Crippen LogP contribution in [-0.4, -0.2) is 87.4 Å². The molecule has 0 aliphatic rings. The lowest BCUT2D eigenvalue weighted by Gasteiger charge is -2.25. The largest absolute Gasteiger partial charge is 0.477 e. The van der Waals surface area contributed by atoms with Crippen molar-refractivity contribution in [1.82, 2.24) is 0 Å². The summed E-state index contributed by atoms with van der Waals surface area (Å²) in [6, 6.07) is 0. The standard InChI is InChI=1S/C90H159NO8/c1-6-8-10-12-14-16-18-20-22-24-26-28-30-32-34-36-38-40-41-42-43-44-45-46-47-49-50-52-54-56-58-60-62-64-66-68-70-72-74-76-78-80-87(92)97-84-86(85-98-90(89(94)95)96-83-82-91(3,4)5)99-88(93)81-79-77-75-73-71-69-67-65-63-61-59-57-55-53-51-48-39-37-35-33-31-29-27-25-23-21-19-17-15-13-11-9-7-2/h9,11,15,17,21,23-24,26-27,29,33,35,39,48,53,55,59,61,86,90H,6-8,10,12-14,16,18-20,22,25,28,30-32,34,36-38,40-47,49-52,54,56-58,60,62-85H2,1-5H3/p+1/b11-9-,17-15-,23-21-,26-24-,29-27-,35-33-,48-39-,55-53-,61-59-. The van der Waals surface area contributed by atoms with Gasteiger partial charge in [-0.1, -0.05) is 380 Å². The lowest BCUT2D eigenvalue weighted by atomic mass is 10.0.